The van der Waals surface area contributed by atoms with E-state index in [1.807, 2.05) is 0 Å². The Hall–Kier alpha value is -2.96. The first-order chi connectivity index (χ1) is 13.0. The Kier molecular flexibility index (Phi) is 7.73. The minimum Gasteiger partial charge on any atom is -0.465 e. The van der Waals surface area contributed by atoms with E-state index in [1.54, 1.807) is 31.2 Å². The van der Waals surface area contributed by atoms with Crippen molar-refractivity contribution < 1.29 is 23.1 Å². The molecule has 0 bridgehead atoms. The number of ether oxygens (including phenoxy) is 1. The Bertz CT molecular complexity index is 701. The van der Waals surface area contributed by atoms with Gasteiger partial charge in [-0.05, 0) is 55.2 Å². The average molecular weight is 376 g/mol. The first kappa shape index (κ1) is 20.4. The average Bonchev–Trinajstić information content (AvgIpc) is 2.64. The van der Waals surface area contributed by atoms with Crippen LogP contribution in [0.4, 0.5) is 13.6 Å². The normalized spacial score (nSPS) is 10.5. The summed E-state index contributed by atoms with van der Waals surface area (Å²) in [6.45, 7) is 1.68. The number of benzene rings is 2. The van der Waals surface area contributed by atoms with Gasteiger partial charge in [-0.1, -0.05) is 24.3 Å². The van der Waals surface area contributed by atoms with E-state index >= 15 is 0 Å². The van der Waals surface area contributed by atoms with E-state index in [0.29, 0.717) is 12.8 Å². The molecule has 0 heterocycles. The van der Waals surface area contributed by atoms with Crippen molar-refractivity contribution in [3.63, 3.8) is 0 Å². The Morgan fingerprint density at radius 2 is 1.41 bits per heavy atom. The highest BCUT2D eigenvalue weighted by Gasteiger charge is 2.15. The van der Waals surface area contributed by atoms with Crippen molar-refractivity contribution in [1.82, 2.24) is 10.6 Å². The molecule has 0 saturated carbocycles. The Morgan fingerprint density at radius 3 is 1.85 bits per heavy atom. The van der Waals surface area contributed by atoms with Crippen molar-refractivity contribution in [3.8, 4) is 0 Å². The molecule has 2 N–H and O–H groups in total. The number of hydrogen-bond acceptors (Lipinski definition) is 3. The van der Waals surface area contributed by atoms with Gasteiger partial charge in [-0.2, -0.15) is 0 Å². The van der Waals surface area contributed by atoms with Crippen LogP contribution in [-0.2, 0) is 22.4 Å². The summed E-state index contributed by atoms with van der Waals surface area (Å²) in [5.41, 5.74) is 1.68. The molecule has 0 aromatic heterocycles. The molecular formula is C20H22F2N2O3. The summed E-state index contributed by atoms with van der Waals surface area (Å²) in [5.74, 6) is -1.20. The molecule has 2 aromatic rings. The van der Waals surface area contributed by atoms with E-state index in [9.17, 15) is 18.4 Å². The fourth-order valence-corrected chi connectivity index (χ4v) is 2.59. The van der Waals surface area contributed by atoms with E-state index in [-0.39, 0.29) is 30.8 Å². The molecule has 0 fully saturated rings. The number of nitrogens with one attached hydrogen (secondary N) is 2. The lowest BCUT2D eigenvalue weighted by atomic mass is 9.99. The Balaban J connectivity index is 2.01. The van der Waals surface area contributed by atoms with Gasteiger partial charge in [-0.25, -0.2) is 13.6 Å². The summed E-state index contributed by atoms with van der Waals surface area (Å²) in [5, 5.41) is 5.24. The van der Waals surface area contributed by atoms with Crippen LogP contribution in [0, 0.1) is 11.6 Å². The topological polar surface area (TPSA) is 67.4 Å². The third kappa shape index (κ3) is 7.43. The lowest BCUT2D eigenvalue weighted by molar-refractivity contribution is -0.141. The predicted molar refractivity (Wildman–Crippen MR) is 97.2 cm³/mol. The fraction of sp³-hybridized carbons (Fsp3) is 0.300. The van der Waals surface area contributed by atoms with E-state index in [0.717, 1.165) is 11.1 Å². The molecule has 7 heteroatoms. The summed E-state index contributed by atoms with van der Waals surface area (Å²) in [6, 6.07) is 11.1. The summed E-state index contributed by atoms with van der Waals surface area (Å²) in [7, 11) is 0. The molecule has 0 aliphatic rings. The number of hydrogen-bond donors (Lipinski definition) is 2. The summed E-state index contributed by atoms with van der Waals surface area (Å²) < 4.78 is 31.0. The van der Waals surface area contributed by atoms with Crippen LogP contribution in [0.15, 0.2) is 48.5 Å². The molecule has 0 aliphatic heterocycles. The van der Waals surface area contributed by atoms with E-state index in [4.69, 9.17) is 4.74 Å². The number of rotatable bonds is 8. The Labute approximate surface area is 156 Å². The van der Waals surface area contributed by atoms with Gasteiger partial charge in [0.15, 0.2) is 0 Å². The van der Waals surface area contributed by atoms with Crippen LogP contribution in [0.5, 0.6) is 0 Å². The molecule has 144 valence electrons. The zero-order chi connectivity index (χ0) is 19.6. The van der Waals surface area contributed by atoms with Gasteiger partial charge in [-0.3, -0.25) is 4.79 Å². The van der Waals surface area contributed by atoms with Crippen LogP contribution in [0.25, 0.3) is 0 Å². The van der Waals surface area contributed by atoms with E-state index in [1.165, 1.54) is 24.3 Å². The maximum Gasteiger partial charge on any atom is 0.325 e. The van der Waals surface area contributed by atoms with Crippen LogP contribution in [0.2, 0.25) is 0 Å². The summed E-state index contributed by atoms with van der Waals surface area (Å²) in [4.78, 5) is 23.4. The molecule has 0 unspecified atom stereocenters. The van der Waals surface area contributed by atoms with Crippen molar-refractivity contribution in [2.45, 2.75) is 25.8 Å². The van der Waals surface area contributed by atoms with Crippen molar-refractivity contribution in [1.29, 1.82) is 0 Å². The molecule has 2 rings (SSSR count). The van der Waals surface area contributed by atoms with Gasteiger partial charge in [0.05, 0.1) is 6.61 Å². The molecule has 2 aromatic carbocycles. The highest BCUT2D eigenvalue weighted by molar-refractivity contribution is 5.80. The molecule has 0 saturated heterocycles. The molecular weight excluding hydrogens is 354 g/mol. The number of urea groups is 1. The number of amides is 2. The Morgan fingerprint density at radius 1 is 0.926 bits per heavy atom. The second kappa shape index (κ2) is 10.3. The molecule has 5 nitrogen and oxygen atoms in total. The first-order valence-corrected chi connectivity index (χ1v) is 8.65. The van der Waals surface area contributed by atoms with Crippen LogP contribution >= 0.6 is 0 Å². The lowest BCUT2D eigenvalue weighted by Crippen LogP contribution is -2.45. The van der Waals surface area contributed by atoms with E-state index in [2.05, 4.69) is 10.6 Å². The first-order valence-electron chi connectivity index (χ1n) is 8.65. The molecule has 0 spiro atoms. The van der Waals surface area contributed by atoms with Gasteiger partial charge in [0.25, 0.3) is 0 Å². The van der Waals surface area contributed by atoms with Crippen LogP contribution in [0.3, 0.4) is 0 Å². The predicted octanol–water partition coefficient (Wildman–Crippen LogP) is 2.98. The highest BCUT2D eigenvalue weighted by atomic mass is 19.1. The smallest absolute Gasteiger partial charge is 0.325 e. The van der Waals surface area contributed by atoms with Gasteiger partial charge in [-0.15, -0.1) is 0 Å². The second-order valence-electron chi connectivity index (χ2n) is 5.99. The van der Waals surface area contributed by atoms with Crippen molar-refractivity contribution in [3.05, 3.63) is 71.3 Å². The molecule has 0 atom stereocenters. The number of esters is 1. The molecule has 0 radical (unpaired) electrons. The zero-order valence-electron chi connectivity index (χ0n) is 15.0. The quantitative estimate of drug-likeness (QED) is 0.696. The van der Waals surface area contributed by atoms with Crippen LogP contribution in [0.1, 0.15) is 18.1 Å². The fourth-order valence-electron chi connectivity index (χ4n) is 2.59. The third-order valence-corrected chi connectivity index (χ3v) is 3.82. The van der Waals surface area contributed by atoms with Crippen molar-refractivity contribution in [2.24, 2.45) is 0 Å². The SMILES string of the molecule is CCOC(=O)CNC(=O)NC(Cc1ccc(F)cc1)Cc1ccc(F)cc1. The van der Waals surface area contributed by atoms with Crippen LogP contribution < -0.4 is 10.6 Å². The molecule has 27 heavy (non-hydrogen) atoms. The van der Waals surface area contributed by atoms with Gasteiger partial charge in [0.1, 0.15) is 18.2 Å². The second-order valence-corrected chi connectivity index (χ2v) is 5.99. The van der Waals surface area contributed by atoms with Crippen molar-refractivity contribution >= 4 is 12.0 Å². The van der Waals surface area contributed by atoms with Gasteiger partial charge in [0, 0.05) is 6.04 Å². The molecule has 0 aliphatic carbocycles. The largest absolute Gasteiger partial charge is 0.465 e. The molecule has 2 amide bonds. The minimum absolute atomic E-state index is 0.236. The van der Waals surface area contributed by atoms with Gasteiger partial charge < -0.3 is 15.4 Å². The van der Waals surface area contributed by atoms with Gasteiger partial charge >= 0.3 is 12.0 Å². The van der Waals surface area contributed by atoms with E-state index < -0.39 is 12.0 Å². The van der Waals surface area contributed by atoms with Crippen LogP contribution in [-0.4, -0.2) is 31.2 Å². The third-order valence-electron chi connectivity index (χ3n) is 3.82. The standard InChI is InChI=1S/C20H22F2N2O3/c1-2-27-19(25)13-23-20(26)24-18(11-14-3-7-16(21)8-4-14)12-15-5-9-17(22)10-6-15/h3-10,18H,2,11-13H2,1H3,(H2,23,24,26). The van der Waals surface area contributed by atoms with Gasteiger partial charge in [0.2, 0.25) is 0 Å². The minimum atomic E-state index is -0.527. The summed E-state index contributed by atoms with van der Waals surface area (Å²) >= 11 is 0. The maximum absolute atomic E-state index is 13.1. The monoisotopic (exact) mass is 376 g/mol. The number of carbonyl (C=O) groups excluding carboxylic acids is 2. The lowest BCUT2D eigenvalue weighted by Gasteiger charge is -2.19. The van der Waals surface area contributed by atoms with Crippen molar-refractivity contribution in [2.75, 3.05) is 13.2 Å². The highest BCUT2D eigenvalue weighted by Crippen LogP contribution is 2.11. The number of carbonyl (C=O) groups is 2. The number of halogens is 2. The summed E-state index contributed by atoms with van der Waals surface area (Å²) in [6.07, 6.45) is 0.898. The zero-order valence-corrected chi connectivity index (χ0v) is 15.0. The maximum atomic E-state index is 13.1.